The summed E-state index contributed by atoms with van der Waals surface area (Å²) in [5, 5.41) is 17.8. The van der Waals surface area contributed by atoms with E-state index in [-0.39, 0.29) is 11.1 Å². The van der Waals surface area contributed by atoms with Gasteiger partial charge in [0.05, 0.1) is 11.1 Å². The normalized spacial score (nSPS) is 13.9. The third-order valence-electron chi connectivity index (χ3n) is 2.65. The zero-order valence-corrected chi connectivity index (χ0v) is 8.43. The van der Waals surface area contributed by atoms with Crippen molar-refractivity contribution in [1.29, 1.82) is 0 Å². The van der Waals surface area contributed by atoms with E-state index in [0.717, 1.165) is 18.4 Å². The van der Waals surface area contributed by atoms with Gasteiger partial charge in [-0.25, -0.2) is 9.59 Å². The van der Waals surface area contributed by atoms with Crippen molar-refractivity contribution in [2.75, 3.05) is 0 Å². The molecule has 1 aliphatic carbocycles. The van der Waals surface area contributed by atoms with E-state index in [2.05, 4.69) is 0 Å². The molecule has 0 saturated heterocycles. The molecule has 1 aliphatic rings. The van der Waals surface area contributed by atoms with Gasteiger partial charge in [0, 0.05) is 0 Å². The van der Waals surface area contributed by atoms with E-state index in [4.69, 9.17) is 10.2 Å². The van der Waals surface area contributed by atoms with E-state index in [1.165, 1.54) is 18.2 Å². The van der Waals surface area contributed by atoms with Crippen LogP contribution in [0, 0.1) is 0 Å². The molecule has 16 heavy (non-hydrogen) atoms. The van der Waals surface area contributed by atoms with E-state index < -0.39 is 11.9 Å². The van der Waals surface area contributed by atoms with E-state index >= 15 is 0 Å². The molecule has 2 rings (SSSR count). The van der Waals surface area contributed by atoms with Gasteiger partial charge in [-0.1, -0.05) is 6.08 Å². The molecule has 0 spiro atoms. The fraction of sp³-hybridized carbons (Fsp3) is 0.167. The van der Waals surface area contributed by atoms with Crippen LogP contribution in [0.3, 0.4) is 0 Å². The Hall–Kier alpha value is -2.10. The van der Waals surface area contributed by atoms with Crippen molar-refractivity contribution in [2.45, 2.75) is 12.8 Å². The zero-order valence-electron chi connectivity index (χ0n) is 8.43. The molecule has 0 heterocycles. The molecule has 2 N–H and O–H groups in total. The highest BCUT2D eigenvalue weighted by atomic mass is 16.4. The number of benzene rings is 1. The summed E-state index contributed by atoms with van der Waals surface area (Å²) in [6, 6.07) is 4.09. The van der Waals surface area contributed by atoms with Crippen molar-refractivity contribution in [3.05, 3.63) is 41.0 Å². The molecule has 4 nitrogen and oxygen atoms in total. The number of hydrogen-bond acceptors (Lipinski definition) is 2. The van der Waals surface area contributed by atoms with E-state index in [1.807, 2.05) is 6.08 Å². The summed E-state index contributed by atoms with van der Waals surface area (Å²) < 4.78 is 0. The summed E-state index contributed by atoms with van der Waals surface area (Å²) in [4.78, 5) is 21.8. The van der Waals surface area contributed by atoms with Gasteiger partial charge in [-0.2, -0.15) is 0 Å². The van der Waals surface area contributed by atoms with Crippen LogP contribution >= 0.6 is 0 Å². The van der Waals surface area contributed by atoms with Gasteiger partial charge in [-0.3, -0.25) is 0 Å². The molecule has 1 aromatic carbocycles. The molecular weight excluding hydrogens is 208 g/mol. The average molecular weight is 218 g/mol. The van der Waals surface area contributed by atoms with Crippen LogP contribution in [0.25, 0.3) is 5.57 Å². The lowest BCUT2D eigenvalue weighted by atomic mass is 9.88. The Balaban J connectivity index is 2.55. The Morgan fingerprint density at radius 1 is 1.12 bits per heavy atom. The number of carboxylic acids is 2. The van der Waals surface area contributed by atoms with Crippen LogP contribution in [0.1, 0.15) is 39.1 Å². The van der Waals surface area contributed by atoms with Gasteiger partial charge >= 0.3 is 11.9 Å². The minimum absolute atomic E-state index is 0.118. The fourth-order valence-corrected chi connectivity index (χ4v) is 1.66. The minimum atomic E-state index is -1.04. The van der Waals surface area contributed by atoms with Gasteiger partial charge in [-0.05, 0) is 42.2 Å². The summed E-state index contributed by atoms with van der Waals surface area (Å²) in [5.74, 6) is -2.07. The second kappa shape index (κ2) is 3.81. The highest BCUT2D eigenvalue weighted by Gasteiger charge is 2.18. The smallest absolute Gasteiger partial charge is 0.336 e. The van der Waals surface area contributed by atoms with Gasteiger partial charge in [0.2, 0.25) is 0 Å². The van der Waals surface area contributed by atoms with Crippen LogP contribution < -0.4 is 0 Å². The monoisotopic (exact) mass is 218 g/mol. The highest BCUT2D eigenvalue weighted by Crippen LogP contribution is 2.31. The summed E-state index contributed by atoms with van der Waals surface area (Å²) in [6.07, 6.45) is 3.66. The van der Waals surface area contributed by atoms with Gasteiger partial charge in [0.15, 0.2) is 0 Å². The first-order valence-electron chi connectivity index (χ1n) is 4.89. The minimum Gasteiger partial charge on any atom is -0.478 e. The number of allylic oxidation sites excluding steroid dienone is 2. The van der Waals surface area contributed by atoms with Crippen LogP contribution in [-0.2, 0) is 0 Å². The van der Waals surface area contributed by atoms with Crippen LogP contribution in [-0.4, -0.2) is 22.2 Å². The highest BCUT2D eigenvalue weighted by molar-refractivity contribution is 5.97. The first-order valence-corrected chi connectivity index (χ1v) is 4.89. The molecule has 0 aliphatic heterocycles. The SMILES string of the molecule is O=C(O)c1ccc(C(=O)O)c(C2=CCC2)c1. The summed E-state index contributed by atoms with van der Waals surface area (Å²) in [5.41, 5.74) is 1.72. The Morgan fingerprint density at radius 3 is 2.25 bits per heavy atom. The molecular formula is C12H10O4. The van der Waals surface area contributed by atoms with Crippen molar-refractivity contribution in [3.63, 3.8) is 0 Å². The second-order valence-corrected chi connectivity index (χ2v) is 3.64. The van der Waals surface area contributed by atoms with Crippen molar-refractivity contribution in [2.24, 2.45) is 0 Å². The van der Waals surface area contributed by atoms with Gasteiger partial charge in [0.1, 0.15) is 0 Å². The molecule has 0 bridgehead atoms. The Labute approximate surface area is 91.8 Å². The molecule has 1 aromatic rings. The van der Waals surface area contributed by atoms with Gasteiger partial charge in [0.25, 0.3) is 0 Å². The molecule has 0 amide bonds. The Bertz CT molecular complexity index is 500. The maximum atomic E-state index is 11.0. The zero-order chi connectivity index (χ0) is 11.7. The standard InChI is InChI=1S/C12H10O4/c13-11(14)8-4-5-9(12(15)16)10(6-8)7-2-1-3-7/h2,4-6H,1,3H2,(H,13,14)(H,15,16). The lowest BCUT2D eigenvalue weighted by Gasteiger charge is -2.17. The topological polar surface area (TPSA) is 74.6 Å². The summed E-state index contributed by atoms with van der Waals surface area (Å²) in [7, 11) is 0. The maximum absolute atomic E-state index is 11.0. The molecule has 0 fully saturated rings. The van der Waals surface area contributed by atoms with Crippen LogP contribution in [0.4, 0.5) is 0 Å². The largest absolute Gasteiger partial charge is 0.478 e. The third-order valence-corrected chi connectivity index (χ3v) is 2.65. The van der Waals surface area contributed by atoms with Crippen LogP contribution in [0.15, 0.2) is 24.3 Å². The first kappa shape index (κ1) is 10.4. The number of carbonyl (C=O) groups is 2. The summed E-state index contributed by atoms with van der Waals surface area (Å²) >= 11 is 0. The number of rotatable bonds is 3. The van der Waals surface area contributed by atoms with Crippen molar-refractivity contribution >= 4 is 17.5 Å². The fourth-order valence-electron chi connectivity index (χ4n) is 1.66. The molecule has 0 atom stereocenters. The maximum Gasteiger partial charge on any atom is 0.336 e. The molecule has 0 unspecified atom stereocenters. The van der Waals surface area contributed by atoms with Crippen molar-refractivity contribution < 1.29 is 19.8 Å². The lowest BCUT2D eigenvalue weighted by molar-refractivity contribution is 0.0681. The number of aromatic carboxylic acids is 2. The number of carboxylic acid groups (broad SMARTS) is 2. The summed E-state index contributed by atoms with van der Waals surface area (Å²) in [6.45, 7) is 0. The first-order chi connectivity index (χ1) is 7.59. The Morgan fingerprint density at radius 2 is 1.81 bits per heavy atom. The van der Waals surface area contributed by atoms with Crippen LogP contribution in [0.5, 0.6) is 0 Å². The van der Waals surface area contributed by atoms with E-state index in [9.17, 15) is 9.59 Å². The van der Waals surface area contributed by atoms with E-state index in [1.54, 1.807) is 0 Å². The van der Waals surface area contributed by atoms with E-state index in [0.29, 0.717) is 5.56 Å². The molecule has 82 valence electrons. The van der Waals surface area contributed by atoms with Gasteiger partial charge in [-0.15, -0.1) is 0 Å². The second-order valence-electron chi connectivity index (χ2n) is 3.64. The molecule has 0 aromatic heterocycles. The third kappa shape index (κ3) is 1.69. The van der Waals surface area contributed by atoms with Gasteiger partial charge < -0.3 is 10.2 Å². The molecule has 0 radical (unpaired) electrons. The molecule has 4 heteroatoms. The number of hydrogen-bond donors (Lipinski definition) is 2. The van der Waals surface area contributed by atoms with Crippen molar-refractivity contribution in [3.8, 4) is 0 Å². The molecule has 0 saturated carbocycles. The predicted molar refractivity (Wildman–Crippen MR) is 57.6 cm³/mol. The Kier molecular flexibility index (Phi) is 2.48. The van der Waals surface area contributed by atoms with Crippen molar-refractivity contribution in [1.82, 2.24) is 0 Å². The quantitative estimate of drug-likeness (QED) is 0.815. The average Bonchev–Trinajstić information content (AvgIpc) is 2.14. The predicted octanol–water partition coefficient (Wildman–Crippen LogP) is 2.26. The van der Waals surface area contributed by atoms with Crippen LogP contribution in [0.2, 0.25) is 0 Å². The lowest BCUT2D eigenvalue weighted by Crippen LogP contribution is -2.07.